The molecule has 6 aromatic carbocycles. The zero-order valence-corrected chi connectivity index (χ0v) is 19.6. The number of phenolic OH excluding ortho intramolecular Hbond substituents is 1. The van der Waals surface area contributed by atoms with Gasteiger partial charge in [0.25, 0.3) is 0 Å². The predicted octanol–water partition coefficient (Wildman–Crippen LogP) is 8.56. The van der Waals surface area contributed by atoms with Gasteiger partial charge in [-0.05, 0) is 84.6 Å². The van der Waals surface area contributed by atoms with Crippen molar-refractivity contribution in [1.82, 2.24) is 0 Å². The van der Waals surface area contributed by atoms with Crippen LogP contribution in [0.1, 0.15) is 22.3 Å². The van der Waals surface area contributed by atoms with Gasteiger partial charge in [0.15, 0.2) is 0 Å². The molecule has 0 bridgehead atoms. The van der Waals surface area contributed by atoms with Crippen molar-refractivity contribution in [2.45, 2.75) is 5.41 Å². The largest absolute Gasteiger partial charge is 0.508 e. The molecule has 0 saturated carbocycles. The molecule has 0 atom stereocenters. The standard InChI is InChI=1S/C35H22O/c36-25-16-19-26-24(20-25)15-18-30-29-17-14-23(22-8-2-1-3-9-22)21-33(29)35(34(26)30)31-12-6-4-10-27(31)28-11-5-7-13-32(28)35/h1-21,36H. The minimum Gasteiger partial charge on any atom is -0.508 e. The molecule has 1 N–H and O–H groups in total. The fourth-order valence-electron chi connectivity index (χ4n) is 6.77. The Hall–Kier alpha value is -4.62. The summed E-state index contributed by atoms with van der Waals surface area (Å²) in [4.78, 5) is 0. The zero-order chi connectivity index (χ0) is 23.9. The maximum absolute atomic E-state index is 10.3. The first-order valence-corrected chi connectivity index (χ1v) is 12.4. The van der Waals surface area contributed by atoms with Crippen LogP contribution in [-0.2, 0) is 5.41 Å². The van der Waals surface area contributed by atoms with Crippen LogP contribution in [0.15, 0.2) is 127 Å². The maximum Gasteiger partial charge on any atom is 0.116 e. The lowest BCUT2D eigenvalue weighted by atomic mass is 9.69. The molecule has 0 fully saturated rings. The Balaban J connectivity index is 1.58. The Morgan fingerprint density at radius 1 is 0.444 bits per heavy atom. The van der Waals surface area contributed by atoms with Crippen molar-refractivity contribution < 1.29 is 5.11 Å². The molecule has 0 heterocycles. The van der Waals surface area contributed by atoms with Crippen LogP contribution in [0.3, 0.4) is 0 Å². The monoisotopic (exact) mass is 458 g/mol. The molecular weight excluding hydrogens is 436 g/mol. The Labute approximate surface area is 209 Å². The second-order valence-electron chi connectivity index (χ2n) is 9.86. The molecule has 2 aliphatic carbocycles. The van der Waals surface area contributed by atoms with Crippen LogP contribution in [0.2, 0.25) is 0 Å². The topological polar surface area (TPSA) is 20.2 Å². The number of fused-ring (bicyclic) bond motifs is 12. The second kappa shape index (κ2) is 6.96. The SMILES string of the molecule is Oc1ccc2c3c(ccc2c1)-c1ccc(-c2ccccc2)cc1C31c2ccccc2-c2ccccc21. The van der Waals surface area contributed by atoms with E-state index in [1.165, 1.54) is 61.0 Å². The summed E-state index contributed by atoms with van der Waals surface area (Å²) in [6.07, 6.45) is 0. The minimum absolute atomic E-state index is 0.297. The van der Waals surface area contributed by atoms with Crippen molar-refractivity contribution in [3.63, 3.8) is 0 Å². The van der Waals surface area contributed by atoms with Gasteiger partial charge in [0.1, 0.15) is 5.75 Å². The fraction of sp³-hybridized carbons (Fsp3) is 0.0286. The Kier molecular flexibility index (Phi) is 3.80. The number of hydrogen-bond donors (Lipinski definition) is 1. The van der Waals surface area contributed by atoms with Crippen molar-refractivity contribution in [1.29, 1.82) is 0 Å². The summed E-state index contributed by atoms with van der Waals surface area (Å²) >= 11 is 0. The molecule has 0 aliphatic heterocycles. The van der Waals surface area contributed by atoms with Gasteiger partial charge in [0.2, 0.25) is 0 Å². The zero-order valence-electron chi connectivity index (χ0n) is 19.6. The lowest BCUT2D eigenvalue weighted by molar-refractivity contribution is 0.476. The highest BCUT2D eigenvalue weighted by atomic mass is 16.3. The third kappa shape index (κ3) is 2.35. The van der Waals surface area contributed by atoms with Crippen molar-refractivity contribution in [3.05, 3.63) is 150 Å². The summed E-state index contributed by atoms with van der Waals surface area (Å²) in [6.45, 7) is 0. The molecule has 1 heteroatoms. The fourth-order valence-corrected chi connectivity index (χ4v) is 6.77. The maximum atomic E-state index is 10.3. The number of benzene rings is 6. The van der Waals surface area contributed by atoms with E-state index < -0.39 is 5.41 Å². The van der Waals surface area contributed by atoms with E-state index in [1.54, 1.807) is 0 Å². The average Bonchev–Trinajstić information content (AvgIpc) is 3.40. The van der Waals surface area contributed by atoms with Crippen LogP contribution in [-0.4, -0.2) is 5.11 Å². The van der Waals surface area contributed by atoms with Crippen LogP contribution in [0.5, 0.6) is 5.75 Å². The summed E-state index contributed by atoms with van der Waals surface area (Å²) in [5.41, 5.74) is 12.5. The molecule has 0 unspecified atom stereocenters. The molecular formula is C35H22O. The van der Waals surface area contributed by atoms with Crippen LogP contribution < -0.4 is 0 Å². The first-order valence-electron chi connectivity index (χ1n) is 12.4. The Morgan fingerprint density at radius 2 is 1.08 bits per heavy atom. The third-order valence-corrected chi connectivity index (χ3v) is 8.15. The van der Waals surface area contributed by atoms with Gasteiger partial charge < -0.3 is 5.11 Å². The van der Waals surface area contributed by atoms with Crippen LogP contribution in [0.25, 0.3) is 44.2 Å². The number of phenols is 1. The van der Waals surface area contributed by atoms with Crippen LogP contribution >= 0.6 is 0 Å². The molecule has 2 aliphatic rings. The lowest BCUT2D eigenvalue weighted by Gasteiger charge is -2.31. The van der Waals surface area contributed by atoms with Gasteiger partial charge in [-0.3, -0.25) is 0 Å². The molecule has 0 amide bonds. The number of aromatic hydroxyl groups is 1. The Bertz CT molecular complexity index is 1800. The molecule has 6 aromatic rings. The quantitative estimate of drug-likeness (QED) is 0.261. The van der Waals surface area contributed by atoms with Crippen LogP contribution in [0.4, 0.5) is 0 Å². The molecule has 168 valence electrons. The van der Waals surface area contributed by atoms with Crippen molar-refractivity contribution >= 4 is 10.8 Å². The highest BCUT2D eigenvalue weighted by Gasteiger charge is 2.52. The first-order chi connectivity index (χ1) is 17.8. The van der Waals surface area contributed by atoms with Gasteiger partial charge >= 0.3 is 0 Å². The number of rotatable bonds is 1. The summed E-state index contributed by atoms with van der Waals surface area (Å²) in [5.74, 6) is 0.297. The van der Waals surface area contributed by atoms with E-state index in [2.05, 4.69) is 115 Å². The summed E-state index contributed by atoms with van der Waals surface area (Å²) < 4.78 is 0. The molecule has 1 spiro atoms. The van der Waals surface area contributed by atoms with E-state index in [1.807, 2.05) is 12.1 Å². The van der Waals surface area contributed by atoms with Gasteiger partial charge in [-0.15, -0.1) is 0 Å². The molecule has 36 heavy (non-hydrogen) atoms. The van der Waals surface area contributed by atoms with E-state index in [0.29, 0.717) is 5.75 Å². The van der Waals surface area contributed by atoms with Crippen molar-refractivity contribution in [2.24, 2.45) is 0 Å². The molecule has 0 radical (unpaired) electrons. The van der Waals surface area contributed by atoms with Gasteiger partial charge in [-0.2, -0.15) is 0 Å². The lowest BCUT2D eigenvalue weighted by Crippen LogP contribution is -2.26. The minimum atomic E-state index is -0.418. The summed E-state index contributed by atoms with van der Waals surface area (Å²) in [5, 5.41) is 12.5. The van der Waals surface area contributed by atoms with E-state index in [0.717, 1.165) is 5.39 Å². The second-order valence-corrected chi connectivity index (χ2v) is 9.86. The van der Waals surface area contributed by atoms with Gasteiger partial charge in [0, 0.05) is 0 Å². The van der Waals surface area contributed by atoms with Gasteiger partial charge in [0.05, 0.1) is 5.41 Å². The first kappa shape index (κ1) is 19.7. The normalized spacial score (nSPS) is 13.9. The predicted molar refractivity (Wildman–Crippen MR) is 147 cm³/mol. The van der Waals surface area contributed by atoms with Crippen molar-refractivity contribution in [3.8, 4) is 39.1 Å². The smallest absolute Gasteiger partial charge is 0.116 e. The van der Waals surface area contributed by atoms with Gasteiger partial charge in [-0.25, -0.2) is 0 Å². The Morgan fingerprint density at radius 3 is 1.83 bits per heavy atom. The van der Waals surface area contributed by atoms with Crippen LogP contribution in [0, 0.1) is 0 Å². The highest BCUT2D eigenvalue weighted by Crippen LogP contribution is 2.64. The third-order valence-electron chi connectivity index (χ3n) is 8.15. The number of hydrogen-bond acceptors (Lipinski definition) is 1. The van der Waals surface area contributed by atoms with Crippen molar-refractivity contribution in [2.75, 3.05) is 0 Å². The van der Waals surface area contributed by atoms with E-state index in [9.17, 15) is 5.11 Å². The molecule has 0 aromatic heterocycles. The summed E-state index contributed by atoms with van der Waals surface area (Å²) in [6, 6.07) is 45.6. The average molecular weight is 459 g/mol. The molecule has 8 rings (SSSR count). The van der Waals surface area contributed by atoms with E-state index >= 15 is 0 Å². The molecule has 0 saturated heterocycles. The summed E-state index contributed by atoms with van der Waals surface area (Å²) in [7, 11) is 0. The van der Waals surface area contributed by atoms with E-state index in [-0.39, 0.29) is 0 Å². The van der Waals surface area contributed by atoms with E-state index in [4.69, 9.17) is 0 Å². The molecule has 1 nitrogen and oxygen atoms in total. The highest BCUT2D eigenvalue weighted by molar-refractivity contribution is 6.04. The van der Waals surface area contributed by atoms with Gasteiger partial charge in [-0.1, -0.05) is 109 Å².